The zero-order chi connectivity index (χ0) is 7.70. The Kier molecular flexibility index (Phi) is 26.7. The summed E-state index contributed by atoms with van der Waals surface area (Å²) >= 11 is 0. The van der Waals surface area contributed by atoms with Gasteiger partial charge in [-0.2, -0.15) is 0 Å². The summed E-state index contributed by atoms with van der Waals surface area (Å²) in [5.41, 5.74) is 0. The van der Waals surface area contributed by atoms with Crippen LogP contribution in [-0.4, -0.2) is 17.5 Å². The molecule has 0 spiro atoms. The van der Waals surface area contributed by atoms with Gasteiger partial charge in [-0.05, 0) is 6.92 Å². The van der Waals surface area contributed by atoms with Crippen molar-refractivity contribution in [2.24, 2.45) is 0 Å². The predicted molar refractivity (Wildman–Crippen MR) is 38.3 cm³/mol. The zero-order valence-corrected chi connectivity index (χ0v) is 7.78. The Hall–Kier alpha value is 0.124. The monoisotopic (exact) mass is 190 g/mol. The molecule has 0 unspecified atom stereocenters. The van der Waals surface area contributed by atoms with Gasteiger partial charge < -0.3 is 5.11 Å². The van der Waals surface area contributed by atoms with E-state index in [1.54, 1.807) is 6.92 Å². The minimum Gasteiger partial charge on any atom is -0.397 e. The largest absolute Gasteiger partial charge is 0.397 e. The molecule has 1 N–H and O–H groups in total. The van der Waals surface area contributed by atoms with Crippen LogP contribution in [0.1, 0.15) is 33.6 Å². The summed E-state index contributed by atoms with van der Waals surface area (Å²) < 4.78 is 0. The van der Waals surface area contributed by atoms with Gasteiger partial charge in [-0.3, -0.25) is 4.79 Å². The van der Waals surface area contributed by atoms with E-state index in [-0.39, 0.29) is 23.1 Å². The number of aliphatic hydroxyl groups excluding tert-OH is 1. The van der Waals surface area contributed by atoms with Crippen molar-refractivity contribution in [3.8, 4) is 0 Å². The summed E-state index contributed by atoms with van der Waals surface area (Å²) in [5, 5.41) is 7.57. The Balaban J connectivity index is -0.000000107. The third-order valence-corrected chi connectivity index (χ3v) is 0.789. The molecule has 0 bridgehead atoms. The minimum atomic E-state index is 0. The predicted octanol–water partition coefficient (Wildman–Crippen LogP) is 1.37. The molecule has 0 aliphatic rings. The molecule has 0 rings (SSSR count). The molecule has 0 aromatic carbocycles. The Labute approximate surface area is 72.9 Å². The molecule has 0 aromatic rings. The molecule has 3 heteroatoms. The first kappa shape index (κ1) is 16.6. The van der Waals surface area contributed by atoms with Crippen molar-refractivity contribution in [3.63, 3.8) is 0 Å². The van der Waals surface area contributed by atoms with Crippen LogP contribution in [0.2, 0.25) is 0 Å². The van der Waals surface area contributed by atoms with E-state index in [0.29, 0.717) is 18.6 Å². The van der Waals surface area contributed by atoms with Gasteiger partial charge in [0.1, 0.15) is 5.78 Å². The van der Waals surface area contributed by atoms with Crippen LogP contribution in [0.4, 0.5) is 0 Å². The molecule has 10 heavy (non-hydrogen) atoms. The summed E-state index contributed by atoms with van der Waals surface area (Å²) in [6.07, 6.45) is 1.38. The molecule has 0 aliphatic heterocycles. The molecule has 0 radical (unpaired) electrons. The van der Waals surface area contributed by atoms with Crippen molar-refractivity contribution >= 4 is 5.78 Å². The van der Waals surface area contributed by atoms with Gasteiger partial charge in [-0.15, -0.1) is 0 Å². The van der Waals surface area contributed by atoms with Crippen LogP contribution in [0.25, 0.3) is 0 Å². The van der Waals surface area contributed by atoms with Crippen LogP contribution < -0.4 is 0 Å². The first-order chi connectivity index (χ1) is 4.22. The normalized spacial score (nSPS) is 6.80. The fraction of sp³-hybridized carbons (Fsp3) is 0.857. The van der Waals surface area contributed by atoms with E-state index in [1.807, 2.05) is 13.8 Å². The van der Waals surface area contributed by atoms with E-state index in [0.717, 1.165) is 0 Å². The summed E-state index contributed by atoms with van der Waals surface area (Å²) in [4.78, 5) is 10.2. The van der Waals surface area contributed by atoms with Gasteiger partial charge in [0.15, 0.2) is 0 Å². The molecule has 0 amide bonds. The summed E-state index contributed by atoms with van der Waals surface area (Å²) in [5.74, 6) is 0.343. The van der Waals surface area contributed by atoms with E-state index in [2.05, 4.69) is 0 Å². The fourth-order valence-corrected chi connectivity index (χ4v) is 0.250. The quantitative estimate of drug-likeness (QED) is 0.669. The number of rotatable bonds is 2. The van der Waals surface area contributed by atoms with Crippen LogP contribution in [0.5, 0.6) is 0 Å². The number of hydrogen-bond donors (Lipinski definition) is 1. The molecule has 0 fully saturated rings. The molecule has 0 aliphatic carbocycles. The van der Waals surface area contributed by atoms with Crippen LogP contribution in [0, 0.1) is 0 Å². The summed E-state index contributed by atoms with van der Waals surface area (Å²) in [6, 6.07) is 0. The summed E-state index contributed by atoms with van der Waals surface area (Å²) in [7, 11) is 0. The molecule has 0 saturated heterocycles. The van der Waals surface area contributed by atoms with E-state index >= 15 is 0 Å². The maximum atomic E-state index is 10.2. The zero-order valence-electron chi connectivity index (χ0n) is 6.79. The van der Waals surface area contributed by atoms with Gasteiger partial charge in [0.05, 0.1) is 0 Å². The number of ketones is 1. The van der Waals surface area contributed by atoms with Gasteiger partial charge in [0, 0.05) is 35.9 Å². The smallest absolute Gasteiger partial charge is 0.132 e. The number of carbonyl (C=O) groups is 1. The SMILES string of the molecule is CCC(=O)CC.CCO.[Ni]. The minimum absolute atomic E-state index is 0. The van der Waals surface area contributed by atoms with Gasteiger partial charge >= 0.3 is 0 Å². The molecule has 0 aromatic heterocycles. The van der Waals surface area contributed by atoms with Gasteiger partial charge in [0.25, 0.3) is 0 Å². The van der Waals surface area contributed by atoms with Crippen LogP contribution in [0.3, 0.4) is 0 Å². The van der Waals surface area contributed by atoms with Crippen LogP contribution >= 0.6 is 0 Å². The van der Waals surface area contributed by atoms with Crippen molar-refractivity contribution in [2.75, 3.05) is 6.61 Å². The number of aliphatic hydroxyl groups is 1. The third-order valence-electron chi connectivity index (χ3n) is 0.789. The second-order valence-corrected chi connectivity index (χ2v) is 1.56. The average Bonchev–Trinajstić information content (AvgIpc) is 1.88. The van der Waals surface area contributed by atoms with Gasteiger partial charge in [-0.25, -0.2) is 0 Å². The number of carbonyl (C=O) groups excluding carboxylic acids is 1. The fourth-order valence-electron chi connectivity index (χ4n) is 0.250. The molecule has 2 nitrogen and oxygen atoms in total. The van der Waals surface area contributed by atoms with Crippen molar-refractivity contribution in [3.05, 3.63) is 0 Å². The van der Waals surface area contributed by atoms with Gasteiger partial charge in [0.2, 0.25) is 0 Å². The van der Waals surface area contributed by atoms with E-state index < -0.39 is 0 Å². The molecular formula is C7H16NiO2. The standard InChI is InChI=1S/C5H10O.C2H6O.Ni/c1-3-5(6)4-2;1-2-3;/h3-4H2,1-2H3;3H,2H2,1H3;. The average molecular weight is 191 g/mol. The Morgan fingerprint density at radius 1 is 1.20 bits per heavy atom. The van der Waals surface area contributed by atoms with Crippen molar-refractivity contribution in [1.82, 2.24) is 0 Å². The molecule has 66 valence electrons. The number of Topliss-reactive ketones (excluding diaryl/α,β-unsaturated/α-hetero) is 1. The third kappa shape index (κ3) is 24.2. The first-order valence-electron chi connectivity index (χ1n) is 3.35. The topological polar surface area (TPSA) is 37.3 Å². The maximum absolute atomic E-state index is 10.2. The Bertz CT molecular complexity index is 58.6. The van der Waals surface area contributed by atoms with Crippen molar-refractivity contribution in [2.45, 2.75) is 33.6 Å². The second-order valence-electron chi connectivity index (χ2n) is 1.56. The van der Waals surface area contributed by atoms with Crippen LogP contribution in [-0.2, 0) is 21.3 Å². The molecule has 0 atom stereocenters. The van der Waals surface area contributed by atoms with E-state index in [9.17, 15) is 4.79 Å². The van der Waals surface area contributed by atoms with E-state index in [4.69, 9.17) is 5.11 Å². The van der Waals surface area contributed by atoms with E-state index in [1.165, 1.54) is 0 Å². The van der Waals surface area contributed by atoms with Gasteiger partial charge in [-0.1, -0.05) is 13.8 Å². The van der Waals surface area contributed by atoms with Crippen LogP contribution in [0.15, 0.2) is 0 Å². The Morgan fingerprint density at radius 3 is 1.40 bits per heavy atom. The summed E-state index contributed by atoms with van der Waals surface area (Å²) in [6.45, 7) is 5.69. The Morgan fingerprint density at radius 2 is 1.40 bits per heavy atom. The maximum Gasteiger partial charge on any atom is 0.132 e. The molecule has 0 heterocycles. The molecule has 0 saturated carbocycles. The molecular weight excluding hydrogens is 175 g/mol. The first-order valence-corrected chi connectivity index (χ1v) is 3.35. The van der Waals surface area contributed by atoms with Crippen molar-refractivity contribution < 1.29 is 26.4 Å². The second kappa shape index (κ2) is 16.1. The number of hydrogen-bond acceptors (Lipinski definition) is 2. The van der Waals surface area contributed by atoms with Crippen molar-refractivity contribution in [1.29, 1.82) is 0 Å².